The zero-order chi connectivity index (χ0) is 21.5. The van der Waals surface area contributed by atoms with Gasteiger partial charge in [-0.2, -0.15) is 5.10 Å². The standard InChI is InChI=1S/C22H21FN6OS/c1-12-2-4-15-19(24)20(31-22(15)28-12)21(30)26-7-6-13-3-5-17(16(23)8-13)29-18-11-25-9-14(18)10-27-29/h2-5,8,10,25H,6-7,9,11,24H2,1H3,(H,26,30). The van der Waals surface area contributed by atoms with Crippen LogP contribution in [0.5, 0.6) is 0 Å². The largest absolute Gasteiger partial charge is 0.397 e. The van der Waals surface area contributed by atoms with E-state index in [1.807, 2.05) is 25.1 Å². The van der Waals surface area contributed by atoms with Crippen molar-refractivity contribution in [3.05, 3.63) is 69.7 Å². The molecule has 3 aromatic heterocycles. The first kappa shape index (κ1) is 19.7. The van der Waals surface area contributed by atoms with Crippen LogP contribution in [0.2, 0.25) is 0 Å². The number of hydrogen-bond acceptors (Lipinski definition) is 6. The minimum atomic E-state index is -0.336. The number of aromatic nitrogens is 3. The maximum absolute atomic E-state index is 14.7. The van der Waals surface area contributed by atoms with E-state index in [9.17, 15) is 9.18 Å². The van der Waals surface area contributed by atoms with Gasteiger partial charge in [-0.3, -0.25) is 4.79 Å². The van der Waals surface area contributed by atoms with Crippen molar-refractivity contribution in [3.63, 3.8) is 0 Å². The van der Waals surface area contributed by atoms with Gasteiger partial charge in [-0.1, -0.05) is 6.07 Å². The molecule has 0 radical (unpaired) electrons. The predicted molar refractivity (Wildman–Crippen MR) is 119 cm³/mol. The third-order valence-electron chi connectivity index (χ3n) is 5.44. The van der Waals surface area contributed by atoms with Crippen LogP contribution >= 0.6 is 11.3 Å². The number of nitrogens with two attached hydrogens (primary N) is 1. The second-order valence-electron chi connectivity index (χ2n) is 7.57. The van der Waals surface area contributed by atoms with Gasteiger partial charge in [-0.15, -0.1) is 11.3 Å². The number of amides is 1. The summed E-state index contributed by atoms with van der Waals surface area (Å²) in [6, 6.07) is 8.85. The summed E-state index contributed by atoms with van der Waals surface area (Å²) < 4.78 is 16.4. The Morgan fingerprint density at radius 1 is 1.32 bits per heavy atom. The summed E-state index contributed by atoms with van der Waals surface area (Å²) in [5, 5.41) is 11.2. The highest BCUT2D eigenvalue weighted by Crippen LogP contribution is 2.32. The van der Waals surface area contributed by atoms with Crippen molar-refractivity contribution in [2.45, 2.75) is 26.4 Å². The molecule has 1 amide bonds. The van der Waals surface area contributed by atoms with E-state index >= 15 is 0 Å². The molecule has 7 nitrogen and oxygen atoms in total. The van der Waals surface area contributed by atoms with Crippen LogP contribution in [0.15, 0.2) is 36.5 Å². The lowest BCUT2D eigenvalue weighted by Gasteiger charge is -2.09. The zero-order valence-corrected chi connectivity index (χ0v) is 17.7. The minimum Gasteiger partial charge on any atom is -0.397 e. The number of nitrogen functional groups attached to an aromatic ring is 1. The lowest BCUT2D eigenvalue weighted by molar-refractivity contribution is 0.0959. The van der Waals surface area contributed by atoms with E-state index in [1.165, 1.54) is 17.4 Å². The zero-order valence-electron chi connectivity index (χ0n) is 16.9. The molecular weight excluding hydrogens is 415 g/mol. The van der Waals surface area contributed by atoms with Gasteiger partial charge in [-0.05, 0) is 43.2 Å². The van der Waals surface area contributed by atoms with Gasteiger partial charge in [0, 0.05) is 36.3 Å². The van der Waals surface area contributed by atoms with Gasteiger partial charge in [0.05, 0.1) is 17.6 Å². The van der Waals surface area contributed by atoms with Gasteiger partial charge in [0.1, 0.15) is 21.2 Å². The van der Waals surface area contributed by atoms with Crippen LogP contribution in [0.3, 0.4) is 0 Å². The topological polar surface area (TPSA) is 97.9 Å². The Kier molecular flexibility index (Phi) is 4.91. The van der Waals surface area contributed by atoms with E-state index in [0.717, 1.165) is 39.3 Å². The van der Waals surface area contributed by atoms with Crippen LogP contribution < -0.4 is 16.4 Å². The highest BCUT2D eigenvalue weighted by Gasteiger charge is 2.19. The fraction of sp³-hybridized carbons (Fsp3) is 0.227. The molecule has 0 saturated carbocycles. The average molecular weight is 437 g/mol. The summed E-state index contributed by atoms with van der Waals surface area (Å²) >= 11 is 1.28. The number of aryl methyl sites for hydroxylation is 1. The van der Waals surface area contributed by atoms with E-state index in [0.29, 0.717) is 35.8 Å². The normalized spacial score (nSPS) is 13.0. The number of nitrogens with zero attached hydrogens (tertiary/aromatic N) is 3. The van der Waals surface area contributed by atoms with Gasteiger partial charge in [0.25, 0.3) is 5.91 Å². The van der Waals surface area contributed by atoms with Crippen LogP contribution in [0.1, 0.15) is 32.2 Å². The van der Waals surface area contributed by atoms with Crippen molar-refractivity contribution in [1.82, 2.24) is 25.4 Å². The van der Waals surface area contributed by atoms with E-state index in [4.69, 9.17) is 5.73 Å². The average Bonchev–Trinajstić information content (AvgIpc) is 3.43. The molecule has 1 aliphatic heterocycles. The van der Waals surface area contributed by atoms with Crippen LogP contribution in [0.4, 0.5) is 10.1 Å². The Morgan fingerprint density at radius 2 is 2.19 bits per heavy atom. The first-order chi connectivity index (χ1) is 15.0. The second-order valence-corrected chi connectivity index (χ2v) is 8.57. The van der Waals surface area contributed by atoms with Crippen LogP contribution in [0.25, 0.3) is 15.9 Å². The van der Waals surface area contributed by atoms with Gasteiger partial charge in [0.15, 0.2) is 0 Å². The first-order valence-electron chi connectivity index (χ1n) is 10.0. The molecule has 9 heteroatoms. The summed E-state index contributed by atoms with van der Waals surface area (Å²) in [7, 11) is 0. The molecule has 158 valence electrons. The summed E-state index contributed by atoms with van der Waals surface area (Å²) in [5.74, 6) is -0.577. The molecule has 4 N–H and O–H groups in total. The number of rotatable bonds is 5. The maximum atomic E-state index is 14.7. The van der Waals surface area contributed by atoms with Crippen LogP contribution in [-0.4, -0.2) is 27.2 Å². The number of carbonyl (C=O) groups excluding carboxylic acids is 1. The molecule has 1 aromatic carbocycles. The number of pyridine rings is 1. The molecule has 0 atom stereocenters. The minimum absolute atomic E-state index is 0.241. The van der Waals surface area contributed by atoms with Crippen molar-refractivity contribution in [2.75, 3.05) is 12.3 Å². The predicted octanol–water partition coefficient (Wildman–Crippen LogP) is 3.09. The van der Waals surface area contributed by atoms with Gasteiger partial charge >= 0.3 is 0 Å². The number of hydrogen-bond donors (Lipinski definition) is 3. The van der Waals surface area contributed by atoms with Crippen molar-refractivity contribution in [1.29, 1.82) is 0 Å². The Bertz CT molecular complexity index is 1310. The number of carbonyl (C=O) groups is 1. The van der Waals surface area contributed by atoms with Gasteiger partial charge < -0.3 is 16.4 Å². The maximum Gasteiger partial charge on any atom is 0.263 e. The Labute approximate surface area is 182 Å². The summed E-state index contributed by atoms with van der Waals surface area (Å²) in [6.07, 6.45) is 2.28. The van der Waals surface area contributed by atoms with Gasteiger partial charge in [-0.25, -0.2) is 14.1 Å². The summed E-state index contributed by atoms with van der Waals surface area (Å²) in [4.78, 5) is 18.2. The molecule has 0 fully saturated rings. The third-order valence-corrected chi connectivity index (χ3v) is 6.56. The van der Waals surface area contributed by atoms with Crippen LogP contribution in [0, 0.1) is 12.7 Å². The van der Waals surface area contributed by atoms with Crippen molar-refractivity contribution in [2.24, 2.45) is 0 Å². The van der Waals surface area contributed by atoms with Gasteiger partial charge in [0.2, 0.25) is 0 Å². The molecule has 0 aliphatic carbocycles. The fourth-order valence-electron chi connectivity index (χ4n) is 3.80. The van der Waals surface area contributed by atoms with Crippen molar-refractivity contribution in [3.8, 4) is 5.69 Å². The molecule has 0 unspecified atom stereocenters. The molecule has 5 rings (SSSR count). The summed E-state index contributed by atoms with van der Waals surface area (Å²) in [5.41, 5.74) is 10.8. The van der Waals surface area contributed by atoms with Crippen molar-refractivity contribution >= 4 is 33.1 Å². The highest BCUT2D eigenvalue weighted by atomic mass is 32.1. The molecule has 4 heterocycles. The summed E-state index contributed by atoms with van der Waals surface area (Å²) in [6.45, 7) is 3.71. The molecule has 1 aliphatic rings. The van der Waals surface area contributed by atoms with E-state index in [-0.39, 0.29) is 11.7 Å². The number of nitrogens with one attached hydrogen (secondary N) is 2. The molecule has 0 saturated heterocycles. The van der Waals surface area contributed by atoms with E-state index < -0.39 is 0 Å². The Hall–Kier alpha value is -3.30. The van der Waals surface area contributed by atoms with Crippen LogP contribution in [-0.2, 0) is 19.5 Å². The first-order valence-corrected chi connectivity index (χ1v) is 10.8. The SMILES string of the molecule is Cc1ccc2c(N)c(C(=O)NCCc3ccc(-n4ncc5c4CNC5)c(F)c3)sc2n1. The quantitative estimate of drug-likeness (QED) is 0.447. The molecule has 0 bridgehead atoms. The highest BCUT2D eigenvalue weighted by molar-refractivity contribution is 7.21. The monoisotopic (exact) mass is 436 g/mol. The smallest absolute Gasteiger partial charge is 0.263 e. The lowest BCUT2D eigenvalue weighted by Crippen LogP contribution is -2.25. The lowest BCUT2D eigenvalue weighted by atomic mass is 10.1. The number of fused-ring (bicyclic) bond motifs is 2. The number of thiophene rings is 1. The van der Waals surface area contributed by atoms with Crippen molar-refractivity contribution < 1.29 is 9.18 Å². The molecular formula is C22H21FN6OS. The van der Waals surface area contributed by atoms with E-state index in [2.05, 4.69) is 20.7 Å². The Morgan fingerprint density at radius 3 is 3.03 bits per heavy atom. The molecule has 31 heavy (non-hydrogen) atoms. The number of halogens is 1. The Balaban J connectivity index is 1.26. The third kappa shape index (κ3) is 3.55. The fourth-order valence-corrected chi connectivity index (χ4v) is 4.86. The molecule has 0 spiro atoms. The van der Waals surface area contributed by atoms with E-state index in [1.54, 1.807) is 16.9 Å². The second kappa shape index (κ2) is 7.75. The number of anilines is 1. The molecule has 4 aromatic rings. The number of benzene rings is 1.